The Kier molecular flexibility index (Phi) is 5.00. The standard InChI is InChI=1S/C23H29N5O3/c1-14-8-9-21(31-14)27-10-11-28(18-7-5-4-6-17(18)27)23-25-16-13-20(30-3)19(29-2)12-15(16)22(24)26-23/h8-9,12-13,17-18H,4-7,10-11H2,1-3H3,(H2,24,25,26). The summed E-state index contributed by atoms with van der Waals surface area (Å²) in [6.45, 7) is 3.67. The number of rotatable bonds is 4. The van der Waals surface area contributed by atoms with Crippen LogP contribution in [-0.4, -0.2) is 49.4 Å². The van der Waals surface area contributed by atoms with Gasteiger partial charge in [-0.05, 0) is 31.9 Å². The van der Waals surface area contributed by atoms with E-state index in [-0.39, 0.29) is 0 Å². The number of aryl methyl sites for hydroxylation is 1. The van der Waals surface area contributed by atoms with Gasteiger partial charge in [-0.2, -0.15) is 4.98 Å². The van der Waals surface area contributed by atoms with Crippen LogP contribution >= 0.6 is 0 Å². The smallest absolute Gasteiger partial charge is 0.228 e. The lowest BCUT2D eigenvalue weighted by atomic mass is 9.86. The van der Waals surface area contributed by atoms with Gasteiger partial charge < -0.3 is 29.4 Å². The van der Waals surface area contributed by atoms with Gasteiger partial charge in [0.15, 0.2) is 17.4 Å². The molecule has 31 heavy (non-hydrogen) atoms. The van der Waals surface area contributed by atoms with Crippen molar-refractivity contribution in [1.82, 2.24) is 9.97 Å². The van der Waals surface area contributed by atoms with Crippen molar-refractivity contribution >= 4 is 28.6 Å². The molecule has 2 atom stereocenters. The largest absolute Gasteiger partial charge is 0.493 e. The number of nitrogens with zero attached hydrogens (tertiary/aromatic N) is 4. The van der Waals surface area contributed by atoms with E-state index in [9.17, 15) is 0 Å². The molecular formula is C23H29N5O3. The summed E-state index contributed by atoms with van der Waals surface area (Å²) in [6.07, 6.45) is 4.67. The molecule has 2 unspecified atom stereocenters. The summed E-state index contributed by atoms with van der Waals surface area (Å²) in [5, 5.41) is 0.770. The molecule has 5 rings (SSSR count). The molecule has 0 radical (unpaired) electrons. The first-order chi connectivity index (χ1) is 15.1. The third-order valence-electron chi connectivity index (χ3n) is 6.56. The van der Waals surface area contributed by atoms with Crippen LogP contribution in [0.2, 0.25) is 0 Å². The first-order valence-electron chi connectivity index (χ1n) is 10.9. The number of furan rings is 1. The van der Waals surface area contributed by atoms with Crippen LogP contribution in [0, 0.1) is 6.92 Å². The summed E-state index contributed by atoms with van der Waals surface area (Å²) >= 11 is 0. The maximum absolute atomic E-state index is 6.37. The maximum atomic E-state index is 6.37. The fraction of sp³-hybridized carbons (Fsp3) is 0.478. The quantitative estimate of drug-likeness (QED) is 0.678. The van der Waals surface area contributed by atoms with Crippen LogP contribution in [0.25, 0.3) is 10.9 Å². The normalized spacial score (nSPS) is 21.3. The van der Waals surface area contributed by atoms with E-state index in [1.165, 1.54) is 12.8 Å². The van der Waals surface area contributed by atoms with Gasteiger partial charge in [0.05, 0.1) is 31.8 Å². The summed E-state index contributed by atoms with van der Waals surface area (Å²) < 4.78 is 16.8. The Morgan fingerprint density at radius 2 is 1.65 bits per heavy atom. The molecule has 164 valence electrons. The molecule has 0 amide bonds. The molecule has 2 aliphatic rings. The minimum absolute atomic E-state index is 0.324. The third kappa shape index (κ3) is 3.40. The van der Waals surface area contributed by atoms with E-state index in [0.717, 1.165) is 48.5 Å². The molecule has 0 spiro atoms. The summed E-state index contributed by atoms with van der Waals surface area (Å²) in [7, 11) is 3.23. The fourth-order valence-corrected chi connectivity index (χ4v) is 5.06. The highest BCUT2D eigenvalue weighted by Crippen LogP contribution is 2.38. The molecule has 2 N–H and O–H groups in total. The van der Waals surface area contributed by atoms with Gasteiger partial charge in [0.25, 0.3) is 0 Å². The second kappa shape index (κ2) is 7.83. The first-order valence-corrected chi connectivity index (χ1v) is 10.9. The zero-order valence-electron chi connectivity index (χ0n) is 18.3. The number of methoxy groups -OCH3 is 2. The Morgan fingerprint density at radius 1 is 0.968 bits per heavy atom. The molecule has 1 saturated carbocycles. The number of aromatic nitrogens is 2. The van der Waals surface area contributed by atoms with E-state index in [1.54, 1.807) is 14.2 Å². The van der Waals surface area contributed by atoms with Crippen molar-refractivity contribution in [1.29, 1.82) is 0 Å². The zero-order valence-corrected chi connectivity index (χ0v) is 18.3. The fourth-order valence-electron chi connectivity index (χ4n) is 5.06. The van der Waals surface area contributed by atoms with E-state index in [4.69, 9.17) is 29.6 Å². The van der Waals surface area contributed by atoms with Crippen molar-refractivity contribution in [2.45, 2.75) is 44.7 Å². The van der Waals surface area contributed by atoms with Gasteiger partial charge in [0, 0.05) is 30.6 Å². The van der Waals surface area contributed by atoms with E-state index in [1.807, 2.05) is 25.1 Å². The summed E-state index contributed by atoms with van der Waals surface area (Å²) in [6, 6.07) is 8.53. The number of nitrogen functional groups attached to an aromatic ring is 1. The molecule has 8 nitrogen and oxygen atoms in total. The van der Waals surface area contributed by atoms with Crippen molar-refractivity contribution < 1.29 is 13.9 Å². The van der Waals surface area contributed by atoms with Crippen LogP contribution in [0.1, 0.15) is 31.4 Å². The number of fused-ring (bicyclic) bond motifs is 2. The van der Waals surface area contributed by atoms with Crippen LogP contribution in [0.5, 0.6) is 11.5 Å². The van der Waals surface area contributed by atoms with Crippen LogP contribution in [0.4, 0.5) is 17.7 Å². The number of benzene rings is 1. The predicted octanol–water partition coefficient (Wildman–Crippen LogP) is 3.77. The lowest BCUT2D eigenvalue weighted by Crippen LogP contribution is -2.61. The van der Waals surface area contributed by atoms with Crippen LogP contribution in [0.3, 0.4) is 0 Å². The molecule has 2 aromatic heterocycles. The molecule has 1 saturated heterocycles. The molecule has 8 heteroatoms. The molecular weight excluding hydrogens is 394 g/mol. The highest BCUT2D eigenvalue weighted by Gasteiger charge is 2.40. The number of piperazine rings is 1. The molecule has 0 bridgehead atoms. The lowest BCUT2D eigenvalue weighted by Gasteiger charge is -2.49. The molecule has 2 fully saturated rings. The van der Waals surface area contributed by atoms with Gasteiger partial charge in [-0.15, -0.1) is 0 Å². The monoisotopic (exact) mass is 423 g/mol. The summed E-state index contributed by atoms with van der Waals surface area (Å²) in [4.78, 5) is 14.4. The average Bonchev–Trinajstić information content (AvgIpc) is 3.23. The molecule has 3 aromatic rings. The van der Waals surface area contributed by atoms with Crippen LogP contribution < -0.4 is 25.0 Å². The highest BCUT2D eigenvalue weighted by molar-refractivity contribution is 5.91. The zero-order chi connectivity index (χ0) is 21.5. The van der Waals surface area contributed by atoms with E-state index in [0.29, 0.717) is 35.3 Å². The number of anilines is 3. The topological polar surface area (TPSA) is 89.9 Å². The Hall–Kier alpha value is -3.16. The average molecular weight is 424 g/mol. The number of hydrogen-bond donors (Lipinski definition) is 1. The molecule has 1 aliphatic carbocycles. The molecule has 3 heterocycles. The van der Waals surface area contributed by atoms with Gasteiger partial charge in [0.1, 0.15) is 11.6 Å². The van der Waals surface area contributed by atoms with E-state index in [2.05, 4.69) is 15.9 Å². The van der Waals surface area contributed by atoms with Crippen molar-refractivity contribution in [3.05, 3.63) is 30.0 Å². The van der Waals surface area contributed by atoms with E-state index >= 15 is 0 Å². The molecule has 1 aromatic carbocycles. The minimum atomic E-state index is 0.324. The Bertz CT molecular complexity index is 1100. The minimum Gasteiger partial charge on any atom is -0.493 e. The van der Waals surface area contributed by atoms with E-state index < -0.39 is 0 Å². The Balaban J connectivity index is 1.52. The Morgan fingerprint density at radius 3 is 2.32 bits per heavy atom. The second-order valence-corrected chi connectivity index (χ2v) is 8.32. The van der Waals surface area contributed by atoms with Crippen molar-refractivity contribution in [3.63, 3.8) is 0 Å². The SMILES string of the molecule is COc1cc2nc(N3CCN(c4ccc(C)o4)C4CCCCC43)nc(N)c2cc1OC. The second-order valence-electron chi connectivity index (χ2n) is 8.32. The van der Waals surface area contributed by atoms with Gasteiger partial charge in [-0.1, -0.05) is 12.8 Å². The van der Waals surface area contributed by atoms with Crippen LogP contribution in [0.15, 0.2) is 28.7 Å². The molecule has 1 aliphatic heterocycles. The summed E-state index contributed by atoms with van der Waals surface area (Å²) in [5.41, 5.74) is 7.13. The van der Waals surface area contributed by atoms with Crippen molar-refractivity contribution in [2.24, 2.45) is 0 Å². The van der Waals surface area contributed by atoms with Crippen molar-refractivity contribution in [3.8, 4) is 11.5 Å². The van der Waals surface area contributed by atoms with Gasteiger partial charge >= 0.3 is 0 Å². The van der Waals surface area contributed by atoms with Gasteiger partial charge in [0.2, 0.25) is 5.95 Å². The van der Waals surface area contributed by atoms with Crippen LogP contribution in [-0.2, 0) is 0 Å². The number of nitrogens with two attached hydrogens (primary N) is 1. The van der Waals surface area contributed by atoms with Gasteiger partial charge in [-0.3, -0.25) is 0 Å². The summed E-state index contributed by atoms with van der Waals surface area (Å²) in [5.74, 6) is 4.30. The lowest BCUT2D eigenvalue weighted by molar-refractivity contribution is 0.305. The number of hydrogen-bond acceptors (Lipinski definition) is 8. The first kappa shape index (κ1) is 19.8. The highest BCUT2D eigenvalue weighted by atomic mass is 16.5. The predicted molar refractivity (Wildman–Crippen MR) is 121 cm³/mol. The van der Waals surface area contributed by atoms with Crippen molar-refractivity contribution in [2.75, 3.05) is 42.8 Å². The third-order valence-corrected chi connectivity index (χ3v) is 6.56. The maximum Gasteiger partial charge on any atom is 0.228 e. The Labute approximate surface area is 181 Å². The van der Waals surface area contributed by atoms with Gasteiger partial charge in [-0.25, -0.2) is 4.98 Å². The number of ether oxygens (including phenoxy) is 2.